The van der Waals surface area contributed by atoms with Crippen molar-refractivity contribution >= 4 is 0 Å². The highest BCUT2D eigenvalue weighted by Crippen LogP contribution is 2.34. The maximum Gasteiger partial charge on any atom is 0.187 e. The van der Waals surface area contributed by atoms with E-state index in [9.17, 15) is 35.7 Å². The van der Waals surface area contributed by atoms with Gasteiger partial charge in [-0.25, -0.2) is 0 Å². The quantitative estimate of drug-likeness (QED) is 0.115. The van der Waals surface area contributed by atoms with Gasteiger partial charge in [0.25, 0.3) is 0 Å². The molecule has 0 amide bonds. The van der Waals surface area contributed by atoms with Crippen molar-refractivity contribution < 1.29 is 64.2 Å². The average Bonchev–Trinajstić information content (AvgIpc) is 3.27. The molecule has 1 aliphatic carbocycles. The molecule has 0 aromatic carbocycles. The summed E-state index contributed by atoms with van der Waals surface area (Å²) >= 11 is 0. The summed E-state index contributed by atoms with van der Waals surface area (Å²) in [5.41, 5.74) is 35.6. The molecule has 3 heterocycles. The topological polar surface area (TPSA) is 353 Å². The summed E-state index contributed by atoms with van der Waals surface area (Å²) in [6.07, 6.45) is -19.8. The van der Waals surface area contributed by atoms with E-state index in [4.69, 9.17) is 62.8 Å². The highest BCUT2D eigenvalue weighted by Gasteiger charge is 2.54. The molecule has 0 spiro atoms. The third-order valence-electron chi connectivity index (χ3n) is 8.37. The summed E-state index contributed by atoms with van der Waals surface area (Å²) in [4.78, 5) is 0. The first-order valence-electron chi connectivity index (χ1n) is 13.9. The lowest BCUT2D eigenvalue weighted by molar-refractivity contribution is -0.306. The summed E-state index contributed by atoms with van der Waals surface area (Å²) in [5.74, 6) is 0. The Labute approximate surface area is 241 Å². The largest absolute Gasteiger partial charge is 0.394 e. The molecule has 246 valence electrons. The molecule has 0 aromatic heterocycles. The molecule has 7 unspecified atom stereocenters. The number of hydrogen-bond acceptors (Lipinski definition) is 19. The Balaban J connectivity index is 1.50. The predicted molar refractivity (Wildman–Crippen MR) is 138 cm³/mol. The first-order chi connectivity index (χ1) is 19.8. The highest BCUT2D eigenvalue weighted by atomic mass is 16.8. The van der Waals surface area contributed by atoms with Gasteiger partial charge in [-0.2, -0.15) is 0 Å². The van der Waals surface area contributed by atoms with Gasteiger partial charge >= 0.3 is 0 Å². The minimum Gasteiger partial charge on any atom is -0.394 e. The van der Waals surface area contributed by atoms with Gasteiger partial charge in [0.15, 0.2) is 18.9 Å². The number of aliphatic hydroxyl groups is 7. The molecule has 42 heavy (non-hydrogen) atoms. The van der Waals surface area contributed by atoms with Crippen LogP contribution in [0.5, 0.6) is 0 Å². The van der Waals surface area contributed by atoms with Gasteiger partial charge in [-0.05, 0) is 6.42 Å². The maximum atomic E-state index is 11.1. The minimum absolute atomic E-state index is 0.0889. The van der Waals surface area contributed by atoms with Crippen LogP contribution in [0.25, 0.3) is 0 Å². The van der Waals surface area contributed by atoms with E-state index in [1.807, 2.05) is 0 Å². The summed E-state index contributed by atoms with van der Waals surface area (Å²) < 4.78 is 34.6. The van der Waals surface area contributed by atoms with Gasteiger partial charge in [-0.15, -0.1) is 0 Å². The third-order valence-corrected chi connectivity index (χ3v) is 8.37. The van der Waals surface area contributed by atoms with E-state index in [-0.39, 0.29) is 19.5 Å². The van der Waals surface area contributed by atoms with Crippen molar-refractivity contribution in [1.29, 1.82) is 0 Å². The SMILES string of the molecule is NCC1O[C@@H](O[C@@H]2C(N)C[C@@H](N)C(O)[C@H]2O[C@@H]2O[C@H](CO)[C@H](O[C@H]3O[C@@H](CN)[C@@H](O)C(O)C3N)C2O)C(N)[C@@H](O)[C@@H]1O. The Morgan fingerprint density at radius 2 is 0.976 bits per heavy atom. The van der Waals surface area contributed by atoms with Crippen molar-refractivity contribution in [2.24, 2.45) is 34.4 Å². The summed E-state index contributed by atoms with van der Waals surface area (Å²) in [7, 11) is 0. The van der Waals surface area contributed by atoms with Gasteiger partial charge in [-0.3, -0.25) is 0 Å². The van der Waals surface area contributed by atoms with Crippen LogP contribution in [0.1, 0.15) is 6.42 Å². The van der Waals surface area contributed by atoms with E-state index in [0.717, 1.165) is 0 Å². The molecular formula is C23H46N6O13. The van der Waals surface area contributed by atoms with Crippen molar-refractivity contribution in [1.82, 2.24) is 0 Å². The van der Waals surface area contributed by atoms with Crippen LogP contribution in [0.3, 0.4) is 0 Å². The van der Waals surface area contributed by atoms with E-state index in [1.54, 1.807) is 0 Å². The fraction of sp³-hybridized carbons (Fsp3) is 1.00. The molecular weight excluding hydrogens is 568 g/mol. The van der Waals surface area contributed by atoms with Crippen LogP contribution in [-0.4, -0.2) is 172 Å². The fourth-order valence-electron chi connectivity index (χ4n) is 5.74. The van der Waals surface area contributed by atoms with E-state index < -0.39 is 123 Å². The maximum absolute atomic E-state index is 11.1. The highest BCUT2D eigenvalue weighted by molar-refractivity contribution is 5.02. The zero-order valence-corrected chi connectivity index (χ0v) is 22.8. The van der Waals surface area contributed by atoms with Gasteiger partial charge in [0, 0.05) is 25.2 Å². The van der Waals surface area contributed by atoms with Crippen molar-refractivity contribution in [2.75, 3.05) is 19.7 Å². The Morgan fingerprint density at radius 3 is 1.45 bits per heavy atom. The van der Waals surface area contributed by atoms with Crippen LogP contribution < -0.4 is 34.4 Å². The number of hydrogen-bond donors (Lipinski definition) is 13. The zero-order chi connectivity index (χ0) is 31.0. The smallest absolute Gasteiger partial charge is 0.187 e. The minimum atomic E-state index is -1.60. The van der Waals surface area contributed by atoms with Crippen LogP contribution >= 0.6 is 0 Å². The second-order valence-corrected chi connectivity index (χ2v) is 11.2. The van der Waals surface area contributed by atoms with Gasteiger partial charge in [0.1, 0.15) is 67.1 Å². The fourth-order valence-corrected chi connectivity index (χ4v) is 5.74. The zero-order valence-electron chi connectivity index (χ0n) is 22.8. The lowest BCUT2D eigenvalue weighted by Gasteiger charge is -2.47. The standard InChI is InChI=1S/C23H46N6O13/c24-2-7-13(32)15(34)10(28)21(37-7)40-18-6(27)1-5(26)12(31)20(18)42-23-17(36)19(9(4-30)39-23)41-22-11(29)16(35)14(33)8(3-25)38-22/h5-23,30-36H,1-4,24-29H2/t5-,6?,7?,8+,9-,10?,11?,12?,13-,14-,15-,16?,17?,18-,19+,20-,21+,22-,23+/m1/s1. The first kappa shape index (κ1) is 34.1. The van der Waals surface area contributed by atoms with Gasteiger partial charge < -0.3 is 98.6 Å². The lowest BCUT2D eigenvalue weighted by atomic mass is 9.84. The predicted octanol–water partition coefficient (Wildman–Crippen LogP) is -8.90. The van der Waals surface area contributed by atoms with Crippen molar-refractivity contribution in [3.63, 3.8) is 0 Å². The number of aliphatic hydroxyl groups excluding tert-OH is 7. The summed E-state index contributed by atoms with van der Waals surface area (Å²) in [6, 6.07) is -4.18. The molecule has 4 aliphatic rings. The molecule has 4 fully saturated rings. The lowest BCUT2D eigenvalue weighted by Crippen LogP contribution is -2.68. The second-order valence-electron chi connectivity index (χ2n) is 11.2. The first-order valence-corrected chi connectivity index (χ1v) is 13.9. The van der Waals surface area contributed by atoms with Crippen molar-refractivity contribution in [3.05, 3.63) is 0 Å². The molecule has 3 saturated heterocycles. The van der Waals surface area contributed by atoms with Gasteiger partial charge in [0.2, 0.25) is 0 Å². The Kier molecular flexibility index (Phi) is 11.5. The van der Waals surface area contributed by atoms with Crippen molar-refractivity contribution in [2.45, 2.75) is 123 Å². The molecule has 19 N–H and O–H groups in total. The monoisotopic (exact) mass is 614 g/mol. The Bertz CT molecular complexity index is 868. The normalized spacial score (nSPS) is 53.8. The van der Waals surface area contributed by atoms with Crippen molar-refractivity contribution in [3.8, 4) is 0 Å². The van der Waals surface area contributed by atoms with E-state index in [2.05, 4.69) is 0 Å². The molecule has 19 heteroatoms. The van der Waals surface area contributed by atoms with Gasteiger partial charge in [0.05, 0.1) is 24.8 Å². The second kappa shape index (κ2) is 14.1. The van der Waals surface area contributed by atoms with Crippen LogP contribution in [0.2, 0.25) is 0 Å². The molecule has 19 nitrogen and oxygen atoms in total. The van der Waals surface area contributed by atoms with E-state index >= 15 is 0 Å². The summed E-state index contributed by atoms with van der Waals surface area (Å²) in [6.45, 7) is -0.967. The van der Waals surface area contributed by atoms with Gasteiger partial charge in [-0.1, -0.05) is 0 Å². The average molecular weight is 615 g/mol. The number of rotatable bonds is 9. The molecule has 0 radical (unpaired) electrons. The third kappa shape index (κ3) is 6.60. The van der Waals surface area contributed by atoms with E-state index in [0.29, 0.717) is 0 Å². The molecule has 3 aliphatic heterocycles. The van der Waals surface area contributed by atoms with E-state index in [1.165, 1.54) is 0 Å². The van der Waals surface area contributed by atoms with Crippen LogP contribution in [0.4, 0.5) is 0 Å². The van der Waals surface area contributed by atoms with Crippen LogP contribution in [0, 0.1) is 0 Å². The molecule has 0 aromatic rings. The molecule has 19 atom stereocenters. The van der Waals surface area contributed by atoms with Crippen LogP contribution in [-0.2, 0) is 28.4 Å². The Hall–Kier alpha value is -0.760. The molecule has 4 rings (SSSR count). The number of nitrogens with two attached hydrogens (primary N) is 6. The molecule has 0 bridgehead atoms. The summed E-state index contributed by atoms with van der Waals surface area (Å²) in [5, 5.41) is 73.0. The number of ether oxygens (including phenoxy) is 6. The molecule has 1 saturated carbocycles. The Morgan fingerprint density at radius 1 is 0.524 bits per heavy atom. The van der Waals surface area contributed by atoms with Crippen LogP contribution in [0.15, 0.2) is 0 Å².